The highest BCUT2D eigenvalue weighted by Gasteiger charge is 2.31. The van der Waals surface area contributed by atoms with Gasteiger partial charge in [-0.05, 0) is 139 Å². The fourth-order valence-corrected chi connectivity index (χ4v) is 8.44. The molecule has 6 fully saturated rings. The van der Waals surface area contributed by atoms with Crippen LogP contribution < -0.4 is 0 Å². The third-order valence-electron chi connectivity index (χ3n) is 11.4. The van der Waals surface area contributed by atoms with Crippen molar-refractivity contribution in [3.63, 3.8) is 0 Å². The zero-order valence-corrected chi connectivity index (χ0v) is 26.2. The molecular weight excluding hydrogens is 532 g/mol. The molecular formula is C35H60O7. The van der Waals surface area contributed by atoms with Crippen LogP contribution in [-0.2, 0) is 28.4 Å². The van der Waals surface area contributed by atoms with Gasteiger partial charge in [0.15, 0.2) is 0 Å². The second-order valence-corrected chi connectivity index (χ2v) is 14.9. The lowest BCUT2D eigenvalue weighted by atomic mass is 9.76. The quantitative estimate of drug-likeness (QED) is 0.213. The van der Waals surface area contributed by atoms with Gasteiger partial charge in [-0.1, -0.05) is 0 Å². The van der Waals surface area contributed by atoms with Gasteiger partial charge in [0.05, 0.1) is 64.1 Å². The highest BCUT2D eigenvalue weighted by Crippen LogP contribution is 2.38. The molecule has 0 amide bonds. The third-order valence-corrected chi connectivity index (χ3v) is 11.4. The maximum absolute atomic E-state index is 10.5. The van der Waals surface area contributed by atoms with E-state index in [0.29, 0.717) is 49.8 Å². The number of hydrogen-bond acceptors (Lipinski definition) is 7. The number of hydrogen-bond donors (Lipinski definition) is 1. The summed E-state index contributed by atoms with van der Waals surface area (Å²) in [5.41, 5.74) is 0. The van der Waals surface area contributed by atoms with Crippen LogP contribution >= 0.6 is 0 Å². The molecule has 0 aromatic rings. The van der Waals surface area contributed by atoms with Gasteiger partial charge >= 0.3 is 0 Å². The molecule has 2 heterocycles. The van der Waals surface area contributed by atoms with Gasteiger partial charge in [0.1, 0.15) is 18.3 Å². The molecule has 0 spiro atoms. The summed E-state index contributed by atoms with van der Waals surface area (Å²) < 4.78 is 34.9. The van der Waals surface area contributed by atoms with Crippen molar-refractivity contribution in [3.8, 4) is 0 Å². The summed E-state index contributed by atoms with van der Waals surface area (Å²) in [6, 6.07) is 0. The minimum Gasteiger partial charge on any atom is -0.388 e. The monoisotopic (exact) mass is 592 g/mol. The minimum atomic E-state index is -0.506. The van der Waals surface area contributed by atoms with Gasteiger partial charge in [0, 0.05) is 0 Å². The Labute approximate surface area is 255 Å². The Morgan fingerprint density at radius 1 is 0.452 bits per heavy atom. The molecule has 7 heteroatoms. The predicted molar refractivity (Wildman–Crippen MR) is 162 cm³/mol. The average Bonchev–Trinajstić information content (AvgIpc) is 3.96. The first-order valence-corrected chi connectivity index (χ1v) is 18.0. The van der Waals surface area contributed by atoms with Gasteiger partial charge in [0.2, 0.25) is 0 Å². The van der Waals surface area contributed by atoms with Crippen LogP contribution in [0.4, 0.5) is 0 Å². The van der Waals surface area contributed by atoms with Crippen molar-refractivity contribution in [1.82, 2.24) is 0 Å². The van der Waals surface area contributed by atoms with Gasteiger partial charge in [-0.15, -0.1) is 0 Å². The van der Waals surface area contributed by atoms with E-state index >= 15 is 0 Å². The van der Waals surface area contributed by atoms with Crippen molar-refractivity contribution < 1.29 is 33.5 Å². The molecule has 1 N–H and O–H groups in total. The van der Waals surface area contributed by atoms with E-state index < -0.39 is 6.10 Å². The van der Waals surface area contributed by atoms with Crippen LogP contribution in [0.1, 0.15) is 116 Å². The number of ether oxygens (including phenoxy) is 6. The summed E-state index contributed by atoms with van der Waals surface area (Å²) >= 11 is 0. The molecule has 2 saturated heterocycles. The Hall–Kier alpha value is -0.280. The minimum absolute atomic E-state index is 0.314. The van der Waals surface area contributed by atoms with Gasteiger partial charge in [-0.25, -0.2) is 0 Å². The summed E-state index contributed by atoms with van der Waals surface area (Å²) in [7, 11) is 0. The molecule has 4 aliphatic carbocycles. The molecule has 7 nitrogen and oxygen atoms in total. The maximum atomic E-state index is 10.5. The first kappa shape index (κ1) is 31.7. The SMILES string of the molecule is OC(COC1CCC(CC2CCC(OCC3CO3)CC2)CC1)COC1CCC(CC2CCC(OCC3CO3)CC2)CC1. The van der Waals surface area contributed by atoms with E-state index in [4.69, 9.17) is 28.4 Å². The van der Waals surface area contributed by atoms with Crippen LogP contribution in [0.3, 0.4) is 0 Å². The molecule has 0 aromatic heterocycles. The van der Waals surface area contributed by atoms with Crippen molar-refractivity contribution in [2.75, 3.05) is 39.6 Å². The molecule has 6 rings (SSSR count). The largest absolute Gasteiger partial charge is 0.388 e. The standard InChI is InChI=1S/C35H60O7/c36-29(19-37-30-9-1-25(2-10-30)17-27-5-13-32(14-6-27)39-21-34-23-41-34)20-38-31-11-3-26(4-12-31)18-28-7-15-33(16-8-28)40-22-35-24-42-35/h25-36H,1-24H2. The first-order valence-electron chi connectivity index (χ1n) is 18.0. The second kappa shape index (κ2) is 16.3. The highest BCUT2D eigenvalue weighted by atomic mass is 16.6. The average molecular weight is 593 g/mol. The number of aliphatic hydroxyl groups excluding tert-OH is 1. The van der Waals surface area contributed by atoms with Gasteiger partial charge in [0.25, 0.3) is 0 Å². The lowest BCUT2D eigenvalue weighted by Gasteiger charge is -2.34. The van der Waals surface area contributed by atoms with E-state index in [1.165, 1.54) is 89.9 Å². The maximum Gasteiger partial charge on any atom is 0.104 e. The summed E-state index contributed by atoms with van der Waals surface area (Å²) in [4.78, 5) is 0. The van der Waals surface area contributed by atoms with Crippen LogP contribution in [0.25, 0.3) is 0 Å². The molecule has 4 saturated carbocycles. The zero-order valence-electron chi connectivity index (χ0n) is 26.2. The Balaban J connectivity index is 0.754. The van der Waals surface area contributed by atoms with Crippen molar-refractivity contribution in [3.05, 3.63) is 0 Å². The van der Waals surface area contributed by atoms with Gasteiger partial charge in [-0.3, -0.25) is 0 Å². The molecule has 2 atom stereocenters. The molecule has 42 heavy (non-hydrogen) atoms. The summed E-state index contributed by atoms with van der Waals surface area (Å²) in [5, 5.41) is 10.5. The first-order chi connectivity index (χ1) is 20.6. The summed E-state index contributed by atoms with van der Waals surface area (Å²) in [6.45, 7) is 4.23. The van der Waals surface area contributed by atoms with E-state index in [-0.39, 0.29) is 0 Å². The van der Waals surface area contributed by atoms with Crippen molar-refractivity contribution in [2.45, 2.75) is 158 Å². The van der Waals surface area contributed by atoms with E-state index in [1.54, 1.807) is 0 Å². The number of aliphatic hydroxyl groups is 1. The Morgan fingerprint density at radius 3 is 1.02 bits per heavy atom. The third kappa shape index (κ3) is 11.0. The highest BCUT2D eigenvalue weighted by molar-refractivity contribution is 4.82. The zero-order chi connectivity index (χ0) is 28.6. The predicted octanol–water partition coefficient (Wildman–Crippen LogP) is 6.23. The number of rotatable bonds is 16. The lowest BCUT2D eigenvalue weighted by molar-refractivity contribution is -0.0784. The lowest BCUT2D eigenvalue weighted by Crippen LogP contribution is -2.32. The van der Waals surface area contributed by atoms with E-state index in [2.05, 4.69) is 0 Å². The van der Waals surface area contributed by atoms with Crippen LogP contribution in [0, 0.1) is 23.7 Å². The van der Waals surface area contributed by atoms with Crippen LogP contribution in [0.15, 0.2) is 0 Å². The van der Waals surface area contributed by atoms with Crippen molar-refractivity contribution in [1.29, 1.82) is 0 Å². The molecule has 242 valence electrons. The van der Waals surface area contributed by atoms with Crippen molar-refractivity contribution >= 4 is 0 Å². The smallest absolute Gasteiger partial charge is 0.104 e. The molecule has 0 radical (unpaired) electrons. The van der Waals surface area contributed by atoms with Crippen LogP contribution in [0.5, 0.6) is 0 Å². The summed E-state index contributed by atoms with van der Waals surface area (Å²) in [5.74, 6) is 3.47. The van der Waals surface area contributed by atoms with E-state index in [1.807, 2.05) is 0 Å². The molecule has 2 unspecified atom stereocenters. The van der Waals surface area contributed by atoms with Gasteiger partial charge < -0.3 is 33.5 Å². The fourth-order valence-electron chi connectivity index (χ4n) is 8.44. The van der Waals surface area contributed by atoms with Crippen LogP contribution in [0.2, 0.25) is 0 Å². The van der Waals surface area contributed by atoms with Gasteiger partial charge in [-0.2, -0.15) is 0 Å². The summed E-state index contributed by atoms with van der Waals surface area (Å²) in [6.07, 6.45) is 24.5. The van der Waals surface area contributed by atoms with E-state index in [9.17, 15) is 5.11 Å². The van der Waals surface area contributed by atoms with Crippen LogP contribution in [-0.4, -0.2) is 87.5 Å². The molecule has 6 aliphatic rings. The Morgan fingerprint density at radius 2 is 0.738 bits per heavy atom. The second-order valence-electron chi connectivity index (χ2n) is 14.9. The molecule has 2 aliphatic heterocycles. The fraction of sp³-hybridized carbons (Fsp3) is 1.00. The number of epoxide rings is 2. The Kier molecular flexibility index (Phi) is 12.3. The van der Waals surface area contributed by atoms with E-state index in [0.717, 1.165) is 75.8 Å². The Bertz CT molecular complexity index is 678. The molecule has 0 bridgehead atoms. The normalized spacial score (nSPS) is 41.4. The van der Waals surface area contributed by atoms with Crippen molar-refractivity contribution in [2.24, 2.45) is 23.7 Å². The molecule has 0 aromatic carbocycles. The topological polar surface area (TPSA) is 82.2 Å².